The summed E-state index contributed by atoms with van der Waals surface area (Å²) < 4.78 is 136. The highest BCUT2D eigenvalue weighted by atomic mass is 32.2. The lowest BCUT2D eigenvalue weighted by Crippen LogP contribution is -2.29. The molecule has 0 aliphatic heterocycles. The summed E-state index contributed by atoms with van der Waals surface area (Å²) in [6.07, 6.45) is 2.75. The molecule has 4 aromatic carbocycles. The molecule has 0 unspecified atom stereocenters. The normalized spacial score (nSPS) is 12.9. The van der Waals surface area contributed by atoms with Gasteiger partial charge in [-0.1, -0.05) is 76.2 Å². The van der Waals surface area contributed by atoms with Crippen LogP contribution < -0.4 is 13.1 Å². The maximum absolute atomic E-state index is 12.7. The van der Waals surface area contributed by atoms with E-state index in [2.05, 4.69) is 8.37 Å². The molecule has 17 heteroatoms. The van der Waals surface area contributed by atoms with E-state index in [1.54, 1.807) is 64.1 Å². The average molecular weight is 917 g/mol. The molecule has 0 aliphatic carbocycles. The number of rotatable bonds is 13. The molecule has 0 bridgehead atoms. The van der Waals surface area contributed by atoms with Gasteiger partial charge in [0, 0.05) is 10.8 Å². The van der Waals surface area contributed by atoms with Crippen LogP contribution in [0.5, 0.6) is 23.0 Å². The number of phenolic OH excluding ortho intramolecular Hbond substituents is 1. The van der Waals surface area contributed by atoms with Gasteiger partial charge in [0.2, 0.25) is 0 Å². The van der Waals surface area contributed by atoms with E-state index in [1.807, 2.05) is 58.9 Å². The maximum Gasteiger partial charge on any atom is 0.534 e. The topological polar surface area (TPSA) is 133 Å². The van der Waals surface area contributed by atoms with Crippen LogP contribution in [-0.4, -0.2) is 38.9 Å². The Hall–Kier alpha value is -4.77. The van der Waals surface area contributed by atoms with Crippen molar-refractivity contribution in [3.05, 3.63) is 117 Å². The fourth-order valence-electron chi connectivity index (χ4n) is 7.15. The first kappa shape index (κ1) is 51.6. The Kier molecular flexibility index (Phi) is 15.7. The molecule has 0 fully saturated rings. The van der Waals surface area contributed by atoms with Gasteiger partial charge in [-0.2, -0.15) is 43.2 Å². The van der Waals surface area contributed by atoms with Crippen LogP contribution in [0, 0.1) is 33.1 Å². The summed E-state index contributed by atoms with van der Waals surface area (Å²) in [7, 11) is -11.5. The zero-order valence-electron chi connectivity index (χ0n) is 36.6. The van der Waals surface area contributed by atoms with Crippen molar-refractivity contribution < 1.29 is 66.2 Å². The number of hydrogen-bond acceptors (Lipinski definition) is 9. The molecular weight excluding hydrogens is 863 g/mol. The number of hydrogen-bond donors (Lipinski definition) is 1. The fourth-order valence-corrected chi connectivity index (χ4v) is 8.18. The molecule has 0 aliphatic rings. The van der Waals surface area contributed by atoms with Crippen LogP contribution in [-0.2, 0) is 35.9 Å². The van der Waals surface area contributed by atoms with Crippen LogP contribution in [0.3, 0.4) is 0 Å². The molecule has 4 aromatic rings. The van der Waals surface area contributed by atoms with Gasteiger partial charge in [-0.15, -0.1) is 0 Å². The molecule has 0 saturated carbocycles. The third-order valence-corrected chi connectivity index (χ3v) is 13.1. The maximum atomic E-state index is 12.7. The van der Waals surface area contributed by atoms with Gasteiger partial charge in [0.1, 0.15) is 23.0 Å². The number of carbonyl (C=O) groups is 1. The largest absolute Gasteiger partial charge is 0.534 e. The van der Waals surface area contributed by atoms with Crippen molar-refractivity contribution in [1.82, 2.24) is 0 Å². The quantitative estimate of drug-likeness (QED) is 0.0457. The van der Waals surface area contributed by atoms with E-state index in [4.69, 9.17) is 4.74 Å². The van der Waals surface area contributed by atoms with Crippen molar-refractivity contribution in [3.8, 4) is 23.0 Å². The van der Waals surface area contributed by atoms with Crippen LogP contribution in [0.15, 0.2) is 72.8 Å². The van der Waals surface area contributed by atoms with E-state index in [0.717, 1.165) is 33.4 Å². The number of halogens is 6. The molecule has 4 rings (SSSR count). The highest BCUT2D eigenvalue weighted by molar-refractivity contribution is 7.88. The highest BCUT2D eigenvalue weighted by Crippen LogP contribution is 2.44. The van der Waals surface area contributed by atoms with E-state index in [0.29, 0.717) is 31.4 Å². The zero-order chi connectivity index (χ0) is 47.4. The Labute approximate surface area is 360 Å². The third-order valence-electron chi connectivity index (χ3n) is 11.1. The number of alkyl halides is 6. The van der Waals surface area contributed by atoms with Crippen LogP contribution in [0.4, 0.5) is 26.3 Å². The Morgan fingerprint density at radius 2 is 0.806 bits per heavy atom. The number of benzene rings is 4. The zero-order valence-corrected chi connectivity index (χ0v) is 38.2. The smallest absolute Gasteiger partial charge is 0.508 e. The van der Waals surface area contributed by atoms with E-state index < -0.39 is 47.5 Å². The van der Waals surface area contributed by atoms with Crippen LogP contribution in [0.1, 0.15) is 119 Å². The van der Waals surface area contributed by atoms with Gasteiger partial charge in [0.25, 0.3) is 0 Å². The highest BCUT2D eigenvalue weighted by Gasteiger charge is 2.50. The number of ether oxygens (including phenoxy) is 1. The fraction of sp³-hybridized carbons (Fsp3) is 0.444. The molecule has 0 aromatic heterocycles. The molecule has 0 saturated heterocycles. The summed E-state index contributed by atoms with van der Waals surface area (Å²) in [5.41, 5.74) is -6.99. The van der Waals surface area contributed by atoms with Crippen LogP contribution in [0.25, 0.3) is 0 Å². The first-order valence-electron chi connectivity index (χ1n) is 19.7. The molecule has 0 atom stereocenters. The Balaban J connectivity index is 0.000000336. The van der Waals surface area contributed by atoms with Gasteiger partial charge < -0.3 is 18.2 Å². The second-order valence-electron chi connectivity index (χ2n) is 16.1. The summed E-state index contributed by atoms with van der Waals surface area (Å²) in [5.74, 6) is -0.434. The summed E-state index contributed by atoms with van der Waals surface area (Å²) >= 11 is 0. The van der Waals surface area contributed by atoms with Crippen molar-refractivity contribution >= 4 is 26.2 Å². The minimum atomic E-state index is -5.76. The van der Waals surface area contributed by atoms with Gasteiger partial charge in [0.05, 0.1) is 5.41 Å². The predicted octanol–water partition coefficient (Wildman–Crippen LogP) is 11.9. The second-order valence-corrected chi connectivity index (χ2v) is 19.2. The van der Waals surface area contributed by atoms with Gasteiger partial charge >= 0.3 is 37.2 Å². The van der Waals surface area contributed by atoms with E-state index in [-0.39, 0.29) is 34.3 Å². The van der Waals surface area contributed by atoms with Crippen LogP contribution >= 0.6 is 0 Å². The minimum absolute atomic E-state index is 0.183. The van der Waals surface area contributed by atoms with Crippen molar-refractivity contribution in [2.24, 2.45) is 5.41 Å². The number of aryl methyl sites for hydroxylation is 4. The summed E-state index contributed by atoms with van der Waals surface area (Å²) in [5, 5.41) is 9.81. The second kappa shape index (κ2) is 18.9. The van der Waals surface area contributed by atoms with E-state index in [9.17, 15) is 53.1 Å². The van der Waals surface area contributed by atoms with Crippen molar-refractivity contribution in [2.75, 3.05) is 0 Å². The molecule has 0 spiro atoms. The van der Waals surface area contributed by atoms with Crippen molar-refractivity contribution in [3.63, 3.8) is 0 Å². The monoisotopic (exact) mass is 916 g/mol. The van der Waals surface area contributed by atoms with Gasteiger partial charge in [-0.25, -0.2) is 0 Å². The first-order chi connectivity index (χ1) is 28.4. The molecule has 342 valence electrons. The lowest BCUT2D eigenvalue weighted by atomic mass is 9.70. The summed E-state index contributed by atoms with van der Waals surface area (Å²) in [4.78, 5) is 12.3. The first-order valence-corrected chi connectivity index (χ1v) is 22.5. The number of esters is 1. The van der Waals surface area contributed by atoms with E-state index in [1.165, 1.54) is 26.0 Å². The Morgan fingerprint density at radius 3 is 1.06 bits per heavy atom. The van der Waals surface area contributed by atoms with Gasteiger partial charge in [0.15, 0.2) is 0 Å². The van der Waals surface area contributed by atoms with Gasteiger partial charge in [-0.3, -0.25) is 4.79 Å². The molecule has 0 heterocycles. The summed E-state index contributed by atoms with van der Waals surface area (Å²) in [6.45, 7) is 20.0. The molecule has 1 N–H and O–H groups in total. The number of aromatic hydroxyl groups is 1. The molecular formula is C45H54F6O9S2. The van der Waals surface area contributed by atoms with Crippen LogP contribution in [0.2, 0.25) is 0 Å². The standard InChI is InChI=1S/C25H31F3O5S.C20H23F3O4S/c1-8-24(9-2,18-10-12-20(16(3)14-18)32-22(29)23(5,6)7)19-11-13-21(17(4)15-19)33-34(30,31)25(26,27)28;1-5-19(6-2,15-7-9-17(24)13(3)11-15)16-8-10-18(14(4)12-16)27-28(25,26)20(21,22)23/h10-15H,8-9H2,1-7H3;7-12,24H,5-6H2,1-4H3. The van der Waals surface area contributed by atoms with E-state index >= 15 is 0 Å². The van der Waals surface area contributed by atoms with Crippen molar-refractivity contribution in [2.45, 2.75) is 124 Å². The number of phenols is 1. The average Bonchev–Trinajstić information content (AvgIpc) is 3.16. The lowest BCUT2D eigenvalue weighted by Gasteiger charge is -2.34. The Morgan fingerprint density at radius 1 is 0.516 bits per heavy atom. The minimum Gasteiger partial charge on any atom is -0.508 e. The summed E-state index contributed by atoms with van der Waals surface area (Å²) in [6, 6.07) is 19.9. The molecule has 62 heavy (non-hydrogen) atoms. The third kappa shape index (κ3) is 11.1. The molecule has 9 nitrogen and oxygen atoms in total. The number of carbonyl (C=O) groups excluding carboxylic acids is 1. The van der Waals surface area contributed by atoms with Crippen molar-refractivity contribution in [1.29, 1.82) is 0 Å². The predicted molar refractivity (Wildman–Crippen MR) is 225 cm³/mol. The van der Waals surface area contributed by atoms with Gasteiger partial charge in [-0.05, 0) is 143 Å². The SMILES string of the molecule is CCC(CC)(c1ccc(O)c(C)c1)c1ccc(OS(=O)(=O)C(F)(F)F)c(C)c1.CCC(CC)(c1ccc(OC(=O)C(C)(C)C)c(C)c1)c1ccc(OS(=O)(=O)C(F)(F)F)c(C)c1. The Bertz CT molecular complexity index is 2460. The lowest BCUT2D eigenvalue weighted by molar-refractivity contribution is -0.143. The molecule has 0 radical (unpaired) electrons. The molecule has 0 amide bonds.